The highest BCUT2D eigenvalue weighted by Crippen LogP contribution is 2.25. The highest BCUT2D eigenvalue weighted by Gasteiger charge is 2.30. The Morgan fingerprint density at radius 1 is 1.40 bits per heavy atom. The van der Waals surface area contributed by atoms with Crippen molar-refractivity contribution in [1.82, 2.24) is 19.8 Å². The summed E-state index contributed by atoms with van der Waals surface area (Å²) in [5, 5.41) is 3.35. The van der Waals surface area contributed by atoms with Crippen molar-refractivity contribution < 1.29 is 9.53 Å². The van der Waals surface area contributed by atoms with Crippen LogP contribution >= 0.6 is 24.2 Å². The molecule has 1 aromatic heterocycles. The van der Waals surface area contributed by atoms with Gasteiger partial charge in [0.25, 0.3) is 0 Å². The van der Waals surface area contributed by atoms with E-state index in [0.29, 0.717) is 12.3 Å². The van der Waals surface area contributed by atoms with Crippen molar-refractivity contribution in [2.45, 2.75) is 10.9 Å². The molecule has 0 bridgehead atoms. The Morgan fingerprint density at radius 2 is 2.16 bits per heavy atom. The van der Waals surface area contributed by atoms with E-state index in [1.165, 1.54) is 0 Å². The van der Waals surface area contributed by atoms with E-state index in [2.05, 4.69) is 10.3 Å². The number of nitrogens with zero attached hydrogens (tertiary/aromatic N) is 3. The van der Waals surface area contributed by atoms with Crippen molar-refractivity contribution in [3.05, 3.63) is 42.5 Å². The summed E-state index contributed by atoms with van der Waals surface area (Å²) >= 11 is 1.55. The summed E-state index contributed by atoms with van der Waals surface area (Å²) in [4.78, 5) is 20.1. The van der Waals surface area contributed by atoms with Crippen molar-refractivity contribution in [1.29, 1.82) is 0 Å². The average Bonchev–Trinajstić information content (AvgIpc) is 3.06. The van der Waals surface area contributed by atoms with Gasteiger partial charge in [-0.2, -0.15) is 0 Å². The Hall–Kier alpha value is -1.70. The molecule has 0 aliphatic carbocycles. The topological polar surface area (TPSA) is 59.4 Å². The predicted molar refractivity (Wildman–Crippen MR) is 101 cm³/mol. The summed E-state index contributed by atoms with van der Waals surface area (Å²) in [5.41, 5.74) is 0. The number of hydrogen-bond acceptors (Lipinski definition) is 5. The smallest absolute Gasteiger partial charge is 0.233 e. The number of aryl methyl sites for hydroxylation is 1. The molecule has 1 amide bonds. The highest BCUT2D eigenvalue weighted by atomic mass is 35.5. The first-order valence-electron chi connectivity index (χ1n) is 7.93. The number of carbonyl (C=O) groups excluding carboxylic acids is 1. The minimum Gasteiger partial charge on any atom is -0.497 e. The summed E-state index contributed by atoms with van der Waals surface area (Å²) in [6, 6.07) is 7.76. The summed E-state index contributed by atoms with van der Waals surface area (Å²) < 4.78 is 7.14. The van der Waals surface area contributed by atoms with Crippen LogP contribution in [0.25, 0.3) is 0 Å². The molecule has 1 N–H and O–H groups in total. The maximum atomic E-state index is 12.7. The molecule has 1 aliphatic rings. The first-order chi connectivity index (χ1) is 11.7. The van der Waals surface area contributed by atoms with Crippen LogP contribution in [-0.4, -0.2) is 52.9 Å². The van der Waals surface area contributed by atoms with Crippen LogP contribution in [0, 0.1) is 0 Å². The molecule has 2 aromatic rings. The molecule has 1 saturated heterocycles. The van der Waals surface area contributed by atoms with Crippen LogP contribution in [0.3, 0.4) is 0 Å². The molecular weight excluding hydrogens is 360 g/mol. The molecule has 3 rings (SSSR count). The quantitative estimate of drug-likeness (QED) is 0.802. The number of amides is 1. The third-order valence-electron chi connectivity index (χ3n) is 4.14. The maximum Gasteiger partial charge on any atom is 0.233 e. The average molecular weight is 383 g/mol. The van der Waals surface area contributed by atoms with Gasteiger partial charge in [-0.05, 0) is 24.3 Å². The molecule has 25 heavy (non-hydrogen) atoms. The molecule has 1 aromatic carbocycles. The number of imidazole rings is 1. The number of nitrogens with one attached hydrogen (secondary N) is 1. The summed E-state index contributed by atoms with van der Waals surface area (Å²) in [5.74, 6) is 2.31. The second-order valence-corrected chi connectivity index (χ2v) is 6.72. The minimum absolute atomic E-state index is 0. The fourth-order valence-electron chi connectivity index (χ4n) is 2.83. The van der Waals surface area contributed by atoms with Gasteiger partial charge in [-0.15, -0.1) is 24.2 Å². The van der Waals surface area contributed by atoms with Gasteiger partial charge in [-0.25, -0.2) is 4.98 Å². The van der Waals surface area contributed by atoms with E-state index in [1.54, 1.807) is 25.1 Å². The number of methoxy groups -OCH3 is 1. The summed E-state index contributed by atoms with van der Waals surface area (Å²) in [6.45, 7) is 2.27. The van der Waals surface area contributed by atoms with Gasteiger partial charge < -0.3 is 19.5 Å². The second kappa shape index (κ2) is 9.12. The monoisotopic (exact) mass is 382 g/mol. The number of ether oxygens (including phenoxy) is 1. The lowest BCUT2D eigenvalue weighted by Crippen LogP contribution is -2.50. The van der Waals surface area contributed by atoms with Crippen molar-refractivity contribution >= 4 is 30.1 Å². The zero-order chi connectivity index (χ0) is 16.9. The van der Waals surface area contributed by atoms with Gasteiger partial charge in [0.15, 0.2) is 0 Å². The Kier molecular flexibility index (Phi) is 7.16. The molecule has 6 nitrogen and oxygen atoms in total. The number of piperazine rings is 1. The van der Waals surface area contributed by atoms with Crippen molar-refractivity contribution in [2.75, 3.05) is 32.5 Å². The lowest BCUT2D eigenvalue weighted by molar-refractivity contribution is -0.131. The second-order valence-electron chi connectivity index (χ2n) is 5.67. The van der Waals surface area contributed by atoms with Crippen LogP contribution in [-0.2, 0) is 11.8 Å². The van der Waals surface area contributed by atoms with E-state index in [1.807, 2.05) is 47.0 Å². The lowest BCUT2D eigenvalue weighted by Gasteiger charge is -2.35. The molecule has 1 aliphatic heterocycles. The van der Waals surface area contributed by atoms with Crippen molar-refractivity contribution in [2.24, 2.45) is 7.05 Å². The molecule has 2 heterocycles. The zero-order valence-electron chi connectivity index (χ0n) is 14.3. The number of halogens is 1. The third-order valence-corrected chi connectivity index (χ3v) is 5.14. The molecule has 0 saturated carbocycles. The molecule has 0 spiro atoms. The maximum absolute atomic E-state index is 12.7. The van der Waals surface area contributed by atoms with Gasteiger partial charge in [0, 0.05) is 44.0 Å². The summed E-state index contributed by atoms with van der Waals surface area (Å²) in [7, 11) is 3.61. The molecule has 0 radical (unpaired) electrons. The first-order valence-corrected chi connectivity index (χ1v) is 8.92. The van der Waals surface area contributed by atoms with Gasteiger partial charge in [0.1, 0.15) is 17.6 Å². The van der Waals surface area contributed by atoms with E-state index >= 15 is 0 Å². The zero-order valence-corrected chi connectivity index (χ0v) is 16.0. The van der Waals surface area contributed by atoms with Crippen LogP contribution in [0.1, 0.15) is 11.9 Å². The van der Waals surface area contributed by atoms with Gasteiger partial charge in [0.2, 0.25) is 5.91 Å². The van der Waals surface area contributed by atoms with Crippen LogP contribution in [0.15, 0.2) is 41.6 Å². The Balaban J connectivity index is 0.00000225. The van der Waals surface area contributed by atoms with Crippen molar-refractivity contribution in [3.63, 3.8) is 0 Å². The number of thioether (sulfide) groups is 1. The molecule has 8 heteroatoms. The van der Waals surface area contributed by atoms with Crippen LogP contribution in [0.4, 0.5) is 0 Å². The minimum atomic E-state index is -0.0114. The number of hydrogen-bond donors (Lipinski definition) is 1. The molecule has 1 fully saturated rings. The molecular formula is C17H23ClN4O2S. The highest BCUT2D eigenvalue weighted by molar-refractivity contribution is 8.00. The fourth-order valence-corrected chi connectivity index (χ4v) is 3.62. The predicted octanol–water partition coefficient (Wildman–Crippen LogP) is 2.12. The molecule has 136 valence electrons. The van der Waals surface area contributed by atoms with Crippen LogP contribution in [0.5, 0.6) is 5.75 Å². The Morgan fingerprint density at radius 3 is 2.80 bits per heavy atom. The normalized spacial score (nSPS) is 17.0. The first kappa shape index (κ1) is 19.6. The van der Waals surface area contributed by atoms with Crippen LogP contribution in [0.2, 0.25) is 0 Å². The lowest BCUT2D eigenvalue weighted by atomic mass is 10.1. The van der Waals surface area contributed by atoms with E-state index in [-0.39, 0.29) is 24.4 Å². The molecule has 1 atom stereocenters. The Labute approximate surface area is 158 Å². The van der Waals surface area contributed by atoms with Crippen molar-refractivity contribution in [3.8, 4) is 5.75 Å². The largest absolute Gasteiger partial charge is 0.497 e. The number of rotatable bonds is 5. The van der Waals surface area contributed by atoms with E-state index in [9.17, 15) is 4.79 Å². The van der Waals surface area contributed by atoms with Crippen LogP contribution < -0.4 is 10.1 Å². The molecule has 1 unspecified atom stereocenters. The van der Waals surface area contributed by atoms with Gasteiger partial charge in [-0.1, -0.05) is 0 Å². The number of aromatic nitrogens is 2. The number of carbonyl (C=O) groups is 1. The summed E-state index contributed by atoms with van der Waals surface area (Å²) in [6.07, 6.45) is 3.69. The number of benzene rings is 1. The van der Waals surface area contributed by atoms with Gasteiger partial charge in [0.05, 0.1) is 12.9 Å². The van der Waals surface area contributed by atoms with E-state index in [0.717, 1.165) is 29.6 Å². The van der Waals surface area contributed by atoms with Gasteiger partial charge >= 0.3 is 0 Å². The van der Waals surface area contributed by atoms with E-state index in [4.69, 9.17) is 4.74 Å². The third kappa shape index (κ3) is 4.68. The SMILES string of the molecule is COc1ccc(SCC(=O)N2CCNCC2c2nccn2C)cc1.Cl. The Bertz CT molecular complexity index is 692. The van der Waals surface area contributed by atoms with E-state index < -0.39 is 0 Å². The van der Waals surface area contributed by atoms with Gasteiger partial charge in [-0.3, -0.25) is 4.79 Å². The standard InChI is InChI=1S/C17H22N4O2S.ClH/c1-20-9-8-19-17(20)15-11-18-7-10-21(15)16(22)12-24-14-5-3-13(23-2)4-6-14;/h3-6,8-9,15,18H,7,10-12H2,1-2H3;1H. The fraction of sp³-hybridized carbons (Fsp3) is 0.412.